The van der Waals surface area contributed by atoms with Gasteiger partial charge < -0.3 is 15.3 Å². The average molecular weight is 268 g/mol. The number of likely N-dealkylation sites (N-methyl/N-ethyl adjacent to an activating group) is 2. The number of halogens is 1. The number of anilines is 1. The number of rotatable bonds is 5. The molecule has 1 aromatic carbocycles. The quantitative estimate of drug-likeness (QED) is 0.855. The van der Waals surface area contributed by atoms with Gasteiger partial charge >= 0.3 is 0 Å². The van der Waals surface area contributed by atoms with Crippen LogP contribution >= 0.6 is 0 Å². The van der Waals surface area contributed by atoms with Crippen molar-refractivity contribution in [1.29, 1.82) is 0 Å². The van der Waals surface area contributed by atoms with Crippen LogP contribution in [-0.4, -0.2) is 31.2 Å². The molecule has 5 heteroatoms. The van der Waals surface area contributed by atoms with Crippen molar-refractivity contribution in [2.45, 2.75) is 26.9 Å². The molecule has 0 saturated heterocycles. The van der Waals surface area contributed by atoms with E-state index in [1.807, 2.05) is 6.92 Å². The number of carbonyl (C=O) groups is 1. The van der Waals surface area contributed by atoms with Crippen molar-refractivity contribution in [3.05, 3.63) is 29.1 Å². The lowest BCUT2D eigenvalue weighted by Gasteiger charge is -2.24. The molecule has 0 aliphatic heterocycles. The first kappa shape index (κ1) is 15.4. The molecule has 19 heavy (non-hydrogen) atoms. The van der Waals surface area contributed by atoms with Gasteiger partial charge in [-0.3, -0.25) is 4.79 Å². The Labute approximate surface area is 113 Å². The summed E-state index contributed by atoms with van der Waals surface area (Å²) in [5, 5.41) is 12.4. The molecule has 0 fully saturated rings. The van der Waals surface area contributed by atoms with Crippen LogP contribution in [0, 0.1) is 12.7 Å². The molecule has 1 rings (SSSR count). The Morgan fingerprint density at radius 2 is 2.16 bits per heavy atom. The van der Waals surface area contributed by atoms with Gasteiger partial charge in [0.25, 0.3) is 0 Å². The second kappa shape index (κ2) is 6.52. The summed E-state index contributed by atoms with van der Waals surface area (Å²) in [6.07, 6.45) is -0.790. The number of carbonyl (C=O) groups excluding carboxylic acids is 1. The van der Waals surface area contributed by atoms with Crippen molar-refractivity contribution < 1.29 is 14.3 Å². The molecule has 106 valence electrons. The summed E-state index contributed by atoms with van der Waals surface area (Å²) in [7, 11) is 1.74. The number of benzene rings is 1. The van der Waals surface area contributed by atoms with Crippen molar-refractivity contribution in [3.63, 3.8) is 0 Å². The lowest BCUT2D eigenvalue weighted by molar-refractivity contribution is -0.119. The van der Waals surface area contributed by atoms with Crippen LogP contribution in [0.5, 0.6) is 0 Å². The van der Waals surface area contributed by atoms with Crippen molar-refractivity contribution in [1.82, 2.24) is 5.32 Å². The third-order valence-corrected chi connectivity index (χ3v) is 2.92. The molecule has 0 aromatic heterocycles. The Morgan fingerprint density at radius 3 is 2.68 bits per heavy atom. The molecule has 1 amide bonds. The van der Waals surface area contributed by atoms with Gasteiger partial charge in [-0.15, -0.1) is 0 Å². The molecule has 0 spiro atoms. The topological polar surface area (TPSA) is 52.6 Å². The highest BCUT2D eigenvalue weighted by Crippen LogP contribution is 2.28. The predicted octanol–water partition coefficient (Wildman–Crippen LogP) is 1.76. The number of hydrogen-bond acceptors (Lipinski definition) is 3. The first-order valence-corrected chi connectivity index (χ1v) is 6.32. The van der Waals surface area contributed by atoms with Crippen LogP contribution in [0.4, 0.5) is 10.1 Å². The molecule has 0 radical (unpaired) electrons. The standard InChI is InChI=1S/C14H21FN2O2/c1-5-16-14(19)8-17(4)13-6-9(2)12(15)7-11(13)10(3)18/h6-7,10,18H,5,8H2,1-4H3,(H,16,19). The second-order valence-electron chi connectivity index (χ2n) is 4.65. The van der Waals surface area contributed by atoms with Crippen LogP contribution in [0.3, 0.4) is 0 Å². The summed E-state index contributed by atoms with van der Waals surface area (Å²) in [6.45, 7) is 5.82. The Kier molecular flexibility index (Phi) is 5.30. The van der Waals surface area contributed by atoms with Gasteiger partial charge in [0.15, 0.2) is 0 Å². The fraction of sp³-hybridized carbons (Fsp3) is 0.500. The van der Waals surface area contributed by atoms with Gasteiger partial charge in [-0.1, -0.05) is 0 Å². The van der Waals surface area contributed by atoms with Crippen LogP contribution in [0.25, 0.3) is 0 Å². The third kappa shape index (κ3) is 3.92. The fourth-order valence-electron chi connectivity index (χ4n) is 1.90. The van der Waals surface area contributed by atoms with E-state index in [1.165, 1.54) is 6.07 Å². The Balaban J connectivity index is 3.04. The van der Waals surface area contributed by atoms with Crippen LogP contribution in [0.15, 0.2) is 12.1 Å². The summed E-state index contributed by atoms with van der Waals surface area (Å²) < 4.78 is 13.6. The first-order valence-electron chi connectivity index (χ1n) is 6.32. The Hall–Kier alpha value is -1.62. The van der Waals surface area contributed by atoms with Gasteiger partial charge in [0, 0.05) is 24.8 Å². The fourth-order valence-corrected chi connectivity index (χ4v) is 1.90. The molecule has 4 nitrogen and oxygen atoms in total. The van der Waals surface area contributed by atoms with Crippen molar-refractivity contribution in [2.24, 2.45) is 0 Å². The highest BCUT2D eigenvalue weighted by Gasteiger charge is 2.16. The minimum absolute atomic E-state index is 0.108. The van der Waals surface area contributed by atoms with Crippen LogP contribution in [0.1, 0.15) is 31.1 Å². The highest BCUT2D eigenvalue weighted by molar-refractivity contribution is 5.81. The van der Waals surface area contributed by atoms with Gasteiger partial charge in [-0.05, 0) is 38.5 Å². The number of aliphatic hydroxyl groups is 1. The number of nitrogens with zero attached hydrogens (tertiary/aromatic N) is 1. The molecule has 0 bridgehead atoms. The lowest BCUT2D eigenvalue weighted by Crippen LogP contribution is -2.35. The molecule has 0 saturated carbocycles. The average Bonchev–Trinajstić information content (AvgIpc) is 2.31. The van der Waals surface area contributed by atoms with Crippen LogP contribution < -0.4 is 10.2 Å². The summed E-state index contributed by atoms with van der Waals surface area (Å²) >= 11 is 0. The van der Waals surface area contributed by atoms with E-state index in [0.717, 1.165) is 0 Å². The number of aliphatic hydroxyl groups excluding tert-OH is 1. The number of hydrogen-bond donors (Lipinski definition) is 2. The molecule has 0 heterocycles. The van der Waals surface area contributed by atoms with Gasteiger partial charge in [0.2, 0.25) is 5.91 Å². The zero-order valence-electron chi connectivity index (χ0n) is 11.8. The van der Waals surface area contributed by atoms with Crippen LogP contribution in [0.2, 0.25) is 0 Å². The first-order chi connectivity index (χ1) is 8.86. The van der Waals surface area contributed by atoms with Gasteiger partial charge in [-0.25, -0.2) is 4.39 Å². The van der Waals surface area contributed by atoms with Crippen molar-refractivity contribution >= 4 is 11.6 Å². The molecular weight excluding hydrogens is 247 g/mol. The molecule has 0 aliphatic carbocycles. The second-order valence-corrected chi connectivity index (χ2v) is 4.65. The zero-order valence-corrected chi connectivity index (χ0v) is 11.8. The number of nitrogens with one attached hydrogen (secondary N) is 1. The smallest absolute Gasteiger partial charge is 0.239 e. The van der Waals surface area contributed by atoms with E-state index < -0.39 is 6.10 Å². The Morgan fingerprint density at radius 1 is 1.53 bits per heavy atom. The minimum Gasteiger partial charge on any atom is -0.389 e. The van der Waals surface area contributed by atoms with Gasteiger partial charge in [0.1, 0.15) is 5.82 Å². The molecular formula is C14H21FN2O2. The maximum Gasteiger partial charge on any atom is 0.239 e. The maximum atomic E-state index is 13.6. The Bertz CT molecular complexity index is 461. The van der Waals surface area contributed by atoms with Gasteiger partial charge in [0.05, 0.1) is 12.6 Å². The summed E-state index contributed by atoms with van der Waals surface area (Å²) in [5.74, 6) is -0.463. The summed E-state index contributed by atoms with van der Waals surface area (Å²) in [4.78, 5) is 13.3. The summed E-state index contributed by atoms with van der Waals surface area (Å²) in [5.41, 5.74) is 1.64. The minimum atomic E-state index is -0.790. The zero-order chi connectivity index (χ0) is 14.6. The van der Waals surface area contributed by atoms with Crippen LogP contribution in [-0.2, 0) is 4.79 Å². The van der Waals surface area contributed by atoms with E-state index in [1.54, 1.807) is 31.9 Å². The van der Waals surface area contributed by atoms with E-state index in [2.05, 4.69) is 5.32 Å². The van der Waals surface area contributed by atoms with Crippen molar-refractivity contribution in [3.8, 4) is 0 Å². The van der Waals surface area contributed by atoms with E-state index >= 15 is 0 Å². The van der Waals surface area contributed by atoms with Gasteiger partial charge in [-0.2, -0.15) is 0 Å². The third-order valence-electron chi connectivity index (χ3n) is 2.92. The van der Waals surface area contributed by atoms with E-state index in [9.17, 15) is 14.3 Å². The molecule has 1 atom stereocenters. The number of aryl methyl sites for hydroxylation is 1. The van der Waals surface area contributed by atoms with E-state index in [4.69, 9.17) is 0 Å². The van der Waals surface area contributed by atoms with Crippen molar-refractivity contribution in [2.75, 3.05) is 25.0 Å². The number of amides is 1. The maximum absolute atomic E-state index is 13.6. The molecule has 0 aliphatic rings. The highest BCUT2D eigenvalue weighted by atomic mass is 19.1. The predicted molar refractivity (Wildman–Crippen MR) is 73.7 cm³/mol. The monoisotopic (exact) mass is 268 g/mol. The molecule has 2 N–H and O–H groups in total. The molecule has 1 aromatic rings. The largest absolute Gasteiger partial charge is 0.389 e. The van der Waals surface area contributed by atoms with E-state index in [0.29, 0.717) is 23.4 Å². The molecule has 1 unspecified atom stereocenters. The summed E-state index contributed by atoms with van der Waals surface area (Å²) in [6, 6.07) is 2.97. The lowest BCUT2D eigenvalue weighted by atomic mass is 10.0. The normalized spacial score (nSPS) is 12.1. The van der Waals surface area contributed by atoms with E-state index in [-0.39, 0.29) is 18.3 Å². The SMILES string of the molecule is CCNC(=O)CN(C)c1cc(C)c(F)cc1C(C)O.